The van der Waals surface area contributed by atoms with Gasteiger partial charge in [0.15, 0.2) is 5.13 Å². The summed E-state index contributed by atoms with van der Waals surface area (Å²) in [6, 6.07) is 0. The number of hydrogen-bond donors (Lipinski definition) is 2. The van der Waals surface area contributed by atoms with E-state index in [-0.39, 0.29) is 12.4 Å². The van der Waals surface area contributed by atoms with Crippen molar-refractivity contribution in [2.75, 3.05) is 31.3 Å². The number of fused-ring (bicyclic) bond motifs is 1. The fourth-order valence-electron chi connectivity index (χ4n) is 1.77. The van der Waals surface area contributed by atoms with Crippen molar-refractivity contribution in [2.24, 2.45) is 0 Å². The maximum absolute atomic E-state index is 11.6. The zero-order chi connectivity index (χ0) is 13.8. The van der Waals surface area contributed by atoms with Crippen molar-refractivity contribution < 1.29 is 9.59 Å². The van der Waals surface area contributed by atoms with Crippen molar-refractivity contribution in [3.8, 4) is 0 Å². The molecule has 1 aromatic rings. The van der Waals surface area contributed by atoms with Crippen molar-refractivity contribution >= 4 is 39.9 Å². The largest absolute Gasteiger partial charge is 0.347 e. The third kappa shape index (κ3) is 3.65. The van der Waals surface area contributed by atoms with Crippen LogP contribution in [0, 0.1) is 0 Å². The molecule has 1 aromatic heterocycles. The molecule has 2 N–H and O–H groups in total. The second kappa shape index (κ2) is 6.31. The van der Waals surface area contributed by atoms with Crippen LogP contribution in [0.2, 0.25) is 0 Å². The van der Waals surface area contributed by atoms with Crippen molar-refractivity contribution in [1.29, 1.82) is 0 Å². The molecule has 0 aliphatic carbocycles. The highest BCUT2D eigenvalue weighted by Crippen LogP contribution is 2.27. The van der Waals surface area contributed by atoms with E-state index in [9.17, 15) is 9.59 Å². The molecule has 0 aromatic carbocycles. The number of anilines is 1. The molecule has 0 fully saturated rings. The van der Waals surface area contributed by atoms with Crippen LogP contribution in [0.5, 0.6) is 0 Å². The highest BCUT2D eigenvalue weighted by atomic mass is 35.5. The first-order valence-electron chi connectivity index (χ1n) is 5.92. The molecule has 104 valence electrons. The van der Waals surface area contributed by atoms with Crippen LogP contribution in [-0.4, -0.2) is 47.7 Å². The Bertz CT molecular complexity index is 491. The third-order valence-corrected chi connectivity index (χ3v) is 3.92. The van der Waals surface area contributed by atoms with Gasteiger partial charge in [0, 0.05) is 36.8 Å². The first kappa shape index (κ1) is 14.2. The number of carbonyl (C=O) groups is 2. The summed E-state index contributed by atoms with van der Waals surface area (Å²) >= 11 is 6.85. The standard InChI is InChI=1S/C11H15ClN4O2S/c1-16-5-2-7-8(6-16)19-11(14-7)15-10(18)9(17)13-4-3-12/h2-6H2,1H3,(H,13,17)(H,14,15,18). The summed E-state index contributed by atoms with van der Waals surface area (Å²) in [5.41, 5.74) is 1.01. The number of likely N-dealkylation sites (N-methyl/N-ethyl adjacent to an activating group) is 1. The van der Waals surface area contributed by atoms with E-state index in [1.807, 2.05) is 7.05 Å². The van der Waals surface area contributed by atoms with E-state index < -0.39 is 11.8 Å². The van der Waals surface area contributed by atoms with Crippen LogP contribution >= 0.6 is 22.9 Å². The maximum Gasteiger partial charge on any atom is 0.315 e. The molecule has 0 saturated heterocycles. The molecule has 2 heterocycles. The maximum atomic E-state index is 11.6. The Hall–Kier alpha value is -1.18. The van der Waals surface area contributed by atoms with Gasteiger partial charge in [-0.2, -0.15) is 0 Å². The zero-order valence-corrected chi connectivity index (χ0v) is 12.1. The molecule has 0 spiro atoms. The first-order valence-corrected chi connectivity index (χ1v) is 7.27. The molecule has 0 saturated carbocycles. The lowest BCUT2D eigenvalue weighted by molar-refractivity contribution is -0.136. The average molecular weight is 303 g/mol. The fraction of sp³-hybridized carbons (Fsp3) is 0.545. The second-order valence-electron chi connectivity index (χ2n) is 4.28. The van der Waals surface area contributed by atoms with E-state index in [1.165, 1.54) is 11.3 Å². The summed E-state index contributed by atoms with van der Waals surface area (Å²) in [6.07, 6.45) is 0.872. The average Bonchev–Trinajstić information content (AvgIpc) is 2.77. The number of nitrogens with one attached hydrogen (secondary N) is 2. The van der Waals surface area contributed by atoms with Gasteiger partial charge >= 0.3 is 11.8 Å². The van der Waals surface area contributed by atoms with Gasteiger partial charge in [-0.1, -0.05) is 0 Å². The Morgan fingerprint density at radius 1 is 1.47 bits per heavy atom. The van der Waals surface area contributed by atoms with Crippen molar-refractivity contribution in [2.45, 2.75) is 13.0 Å². The van der Waals surface area contributed by atoms with Crippen molar-refractivity contribution in [1.82, 2.24) is 15.2 Å². The van der Waals surface area contributed by atoms with Crippen LogP contribution < -0.4 is 10.6 Å². The fourth-order valence-corrected chi connectivity index (χ4v) is 2.95. The van der Waals surface area contributed by atoms with E-state index in [0.717, 1.165) is 30.1 Å². The number of halogens is 1. The topological polar surface area (TPSA) is 74.3 Å². The van der Waals surface area contributed by atoms with Crippen LogP contribution in [0.3, 0.4) is 0 Å². The van der Waals surface area contributed by atoms with Crippen molar-refractivity contribution in [3.63, 3.8) is 0 Å². The predicted molar refractivity (Wildman–Crippen MR) is 74.5 cm³/mol. The molecule has 6 nitrogen and oxygen atoms in total. The number of thiazole rings is 1. The van der Waals surface area contributed by atoms with Gasteiger partial charge < -0.3 is 10.2 Å². The molecule has 8 heteroatoms. The monoisotopic (exact) mass is 302 g/mol. The number of carbonyl (C=O) groups excluding carboxylic acids is 2. The van der Waals surface area contributed by atoms with Gasteiger partial charge in [-0.15, -0.1) is 22.9 Å². The summed E-state index contributed by atoms with van der Waals surface area (Å²) < 4.78 is 0. The summed E-state index contributed by atoms with van der Waals surface area (Å²) in [6.45, 7) is 2.06. The van der Waals surface area contributed by atoms with E-state index in [1.54, 1.807) is 0 Å². The molecule has 19 heavy (non-hydrogen) atoms. The molecular formula is C11H15ClN4O2S. The predicted octanol–water partition coefficient (Wildman–Crippen LogP) is 0.424. The van der Waals surface area contributed by atoms with Gasteiger partial charge in [0.25, 0.3) is 0 Å². The van der Waals surface area contributed by atoms with Crippen LogP contribution in [-0.2, 0) is 22.6 Å². The van der Waals surface area contributed by atoms with Gasteiger partial charge in [-0.05, 0) is 7.05 Å². The molecule has 2 rings (SSSR count). The van der Waals surface area contributed by atoms with E-state index in [4.69, 9.17) is 11.6 Å². The highest BCUT2D eigenvalue weighted by Gasteiger charge is 2.20. The Labute approximate surface area is 120 Å². The quantitative estimate of drug-likeness (QED) is 0.627. The lowest BCUT2D eigenvalue weighted by Gasteiger charge is -2.20. The highest BCUT2D eigenvalue weighted by molar-refractivity contribution is 7.16. The molecule has 1 aliphatic rings. The Kier molecular flexibility index (Phi) is 4.73. The van der Waals surface area contributed by atoms with E-state index in [2.05, 4.69) is 20.5 Å². The smallest absolute Gasteiger partial charge is 0.315 e. The third-order valence-electron chi connectivity index (χ3n) is 2.73. The van der Waals surface area contributed by atoms with Crippen LogP contribution in [0.4, 0.5) is 5.13 Å². The number of alkyl halides is 1. The molecular weight excluding hydrogens is 288 g/mol. The van der Waals surface area contributed by atoms with Gasteiger partial charge in [0.1, 0.15) is 0 Å². The van der Waals surface area contributed by atoms with Crippen LogP contribution in [0.15, 0.2) is 0 Å². The minimum Gasteiger partial charge on any atom is -0.347 e. The summed E-state index contributed by atoms with van der Waals surface area (Å²) in [5, 5.41) is 5.40. The van der Waals surface area contributed by atoms with Gasteiger partial charge in [-0.25, -0.2) is 4.98 Å². The summed E-state index contributed by atoms with van der Waals surface area (Å²) in [7, 11) is 2.04. The molecule has 0 radical (unpaired) electrons. The lowest BCUT2D eigenvalue weighted by Crippen LogP contribution is -2.36. The number of hydrogen-bond acceptors (Lipinski definition) is 5. The molecule has 0 unspecified atom stereocenters. The van der Waals surface area contributed by atoms with Crippen LogP contribution in [0.1, 0.15) is 10.6 Å². The lowest BCUT2D eigenvalue weighted by atomic mass is 10.2. The van der Waals surface area contributed by atoms with E-state index in [0.29, 0.717) is 5.13 Å². The van der Waals surface area contributed by atoms with Gasteiger partial charge in [-0.3, -0.25) is 14.9 Å². The van der Waals surface area contributed by atoms with Crippen LogP contribution in [0.25, 0.3) is 0 Å². The normalized spacial score (nSPS) is 14.8. The van der Waals surface area contributed by atoms with Gasteiger partial charge in [0.2, 0.25) is 0 Å². The number of aromatic nitrogens is 1. The SMILES string of the molecule is CN1CCc2nc(NC(=O)C(=O)NCCCl)sc2C1. The Balaban J connectivity index is 1.96. The number of amides is 2. The zero-order valence-electron chi connectivity index (χ0n) is 10.5. The summed E-state index contributed by atoms with van der Waals surface area (Å²) in [5.74, 6) is -1.12. The second-order valence-corrected chi connectivity index (χ2v) is 5.74. The molecule has 0 bridgehead atoms. The number of nitrogens with zero attached hydrogens (tertiary/aromatic N) is 2. The number of rotatable bonds is 3. The van der Waals surface area contributed by atoms with Gasteiger partial charge in [0.05, 0.1) is 5.69 Å². The first-order chi connectivity index (χ1) is 9.10. The molecule has 1 aliphatic heterocycles. The Morgan fingerprint density at radius 2 is 2.26 bits per heavy atom. The van der Waals surface area contributed by atoms with E-state index >= 15 is 0 Å². The van der Waals surface area contributed by atoms with Crippen molar-refractivity contribution in [3.05, 3.63) is 10.6 Å². The molecule has 2 amide bonds. The summed E-state index contributed by atoms with van der Waals surface area (Å²) in [4.78, 5) is 30.7. The Morgan fingerprint density at radius 3 is 3.00 bits per heavy atom. The molecule has 0 atom stereocenters. The minimum atomic E-state index is -0.704. The minimum absolute atomic E-state index is 0.271.